The molecule has 0 spiro atoms. The molecule has 0 atom stereocenters. The van der Waals surface area contributed by atoms with Crippen LogP contribution in [0.5, 0.6) is 0 Å². The Kier molecular flexibility index (Phi) is 4.39. The van der Waals surface area contributed by atoms with Gasteiger partial charge in [-0.1, -0.05) is 13.8 Å². The Balaban J connectivity index is 2.25. The molecule has 0 aromatic carbocycles. The van der Waals surface area contributed by atoms with Crippen LogP contribution >= 0.6 is 0 Å². The second kappa shape index (κ2) is 6.04. The molecule has 1 fully saturated rings. The van der Waals surface area contributed by atoms with Crippen molar-refractivity contribution in [2.45, 2.75) is 45.6 Å². The van der Waals surface area contributed by atoms with Crippen LogP contribution in [0.4, 0.5) is 17.8 Å². The van der Waals surface area contributed by atoms with Crippen molar-refractivity contribution >= 4 is 17.8 Å². The summed E-state index contributed by atoms with van der Waals surface area (Å²) in [5, 5.41) is 0. The summed E-state index contributed by atoms with van der Waals surface area (Å²) in [6.45, 7) is 6.38. The molecular formula is C13H24N6. The van der Waals surface area contributed by atoms with Gasteiger partial charge >= 0.3 is 0 Å². The van der Waals surface area contributed by atoms with Gasteiger partial charge in [0.25, 0.3) is 0 Å². The van der Waals surface area contributed by atoms with Gasteiger partial charge in [-0.15, -0.1) is 0 Å². The molecule has 0 bridgehead atoms. The van der Waals surface area contributed by atoms with Crippen LogP contribution in [0.15, 0.2) is 0 Å². The first-order valence-corrected chi connectivity index (χ1v) is 7.15. The van der Waals surface area contributed by atoms with Crippen LogP contribution in [0.3, 0.4) is 0 Å². The van der Waals surface area contributed by atoms with E-state index in [2.05, 4.69) is 38.6 Å². The minimum atomic E-state index is 0.310. The van der Waals surface area contributed by atoms with Gasteiger partial charge < -0.3 is 15.5 Å². The van der Waals surface area contributed by atoms with Gasteiger partial charge in [-0.05, 0) is 25.7 Å². The monoisotopic (exact) mass is 264 g/mol. The van der Waals surface area contributed by atoms with Gasteiger partial charge in [-0.25, -0.2) is 0 Å². The van der Waals surface area contributed by atoms with E-state index in [9.17, 15) is 0 Å². The normalized spacial score (nSPS) is 15.3. The third kappa shape index (κ3) is 3.05. The zero-order valence-electron chi connectivity index (χ0n) is 12.1. The molecule has 2 heterocycles. The predicted octanol–water partition coefficient (Wildman–Crippen LogP) is 1.68. The molecule has 2 rings (SSSR count). The van der Waals surface area contributed by atoms with Gasteiger partial charge in [-0.2, -0.15) is 15.0 Å². The maximum atomic E-state index is 5.83. The van der Waals surface area contributed by atoms with Crippen LogP contribution in [-0.4, -0.2) is 41.1 Å². The van der Waals surface area contributed by atoms with Crippen molar-refractivity contribution in [3.8, 4) is 0 Å². The Morgan fingerprint density at radius 1 is 1.16 bits per heavy atom. The highest BCUT2D eigenvalue weighted by Crippen LogP contribution is 2.21. The van der Waals surface area contributed by atoms with Gasteiger partial charge in [0.15, 0.2) is 0 Å². The molecule has 1 aliphatic heterocycles. The van der Waals surface area contributed by atoms with Crippen molar-refractivity contribution in [1.82, 2.24) is 15.0 Å². The number of hydrogen-bond donors (Lipinski definition) is 1. The van der Waals surface area contributed by atoms with Crippen LogP contribution in [0.25, 0.3) is 0 Å². The van der Waals surface area contributed by atoms with E-state index in [1.807, 2.05) is 7.05 Å². The van der Waals surface area contributed by atoms with E-state index in [1.165, 1.54) is 12.8 Å². The minimum absolute atomic E-state index is 0.310. The van der Waals surface area contributed by atoms with Crippen molar-refractivity contribution < 1.29 is 0 Å². The molecule has 19 heavy (non-hydrogen) atoms. The second-order valence-corrected chi connectivity index (χ2v) is 5.07. The van der Waals surface area contributed by atoms with E-state index < -0.39 is 0 Å². The molecule has 0 aliphatic carbocycles. The molecule has 106 valence electrons. The average molecular weight is 264 g/mol. The summed E-state index contributed by atoms with van der Waals surface area (Å²) >= 11 is 0. The fourth-order valence-corrected chi connectivity index (χ4v) is 2.59. The largest absolute Gasteiger partial charge is 0.368 e. The molecule has 1 aromatic rings. The Labute approximate surface area is 115 Å². The maximum absolute atomic E-state index is 5.83. The molecule has 2 N–H and O–H groups in total. The topological polar surface area (TPSA) is 71.2 Å². The smallest absolute Gasteiger partial charge is 0.231 e. The van der Waals surface area contributed by atoms with Gasteiger partial charge in [0.05, 0.1) is 0 Å². The average Bonchev–Trinajstić information content (AvgIpc) is 2.93. The number of nitrogens with zero attached hydrogens (tertiary/aromatic N) is 5. The lowest BCUT2D eigenvalue weighted by atomic mass is 10.1. The summed E-state index contributed by atoms with van der Waals surface area (Å²) in [6.07, 6.45) is 4.53. The van der Waals surface area contributed by atoms with Gasteiger partial charge in [0.2, 0.25) is 17.8 Å². The summed E-state index contributed by atoms with van der Waals surface area (Å²) in [7, 11) is 2.03. The summed E-state index contributed by atoms with van der Waals surface area (Å²) in [5.41, 5.74) is 5.83. The van der Waals surface area contributed by atoms with E-state index in [1.54, 1.807) is 0 Å². The first-order valence-electron chi connectivity index (χ1n) is 7.15. The zero-order chi connectivity index (χ0) is 13.8. The van der Waals surface area contributed by atoms with E-state index in [0.29, 0.717) is 17.9 Å². The fraction of sp³-hybridized carbons (Fsp3) is 0.769. The van der Waals surface area contributed by atoms with Crippen molar-refractivity contribution in [1.29, 1.82) is 0 Å². The summed E-state index contributed by atoms with van der Waals surface area (Å²) in [5.74, 6) is 1.71. The Morgan fingerprint density at radius 2 is 1.79 bits per heavy atom. The molecular weight excluding hydrogens is 240 g/mol. The third-order valence-electron chi connectivity index (χ3n) is 3.82. The van der Waals surface area contributed by atoms with Crippen molar-refractivity contribution in [2.24, 2.45) is 0 Å². The molecule has 0 unspecified atom stereocenters. The van der Waals surface area contributed by atoms with Gasteiger partial charge in [-0.3, -0.25) is 0 Å². The zero-order valence-corrected chi connectivity index (χ0v) is 12.1. The molecule has 1 saturated heterocycles. The number of nitrogen functional groups attached to an aromatic ring is 1. The van der Waals surface area contributed by atoms with Crippen LogP contribution in [-0.2, 0) is 0 Å². The fourth-order valence-electron chi connectivity index (χ4n) is 2.59. The van der Waals surface area contributed by atoms with Crippen LogP contribution in [0, 0.1) is 0 Å². The van der Waals surface area contributed by atoms with Crippen molar-refractivity contribution in [3.63, 3.8) is 0 Å². The Morgan fingerprint density at radius 3 is 2.37 bits per heavy atom. The van der Waals surface area contributed by atoms with Crippen molar-refractivity contribution in [3.05, 3.63) is 0 Å². The van der Waals surface area contributed by atoms with Gasteiger partial charge in [0.1, 0.15) is 0 Å². The molecule has 1 aromatic heterocycles. The lowest BCUT2D eigenvalue weighted by Gasteiger charge is -2.27. The highest BCUT2D eigenvalue weighted by Gasteiger charge is 2.20. The lowest BCUT2D eigenvalue weighted by Crippen LogP contribution is -2.33. The molecule has 0 saturated carbocycles. The SMILES string of the molecule is CCC(CC)N(C)c1nc(N)nc(N2CCCC2)n1. The highest BCUT2D eigenvalue weighted by molar-refractivity contribution is 5.44. The second-order valence-electron chi connectivity index (χ2n) is 5.07. The molecule has 6 heteroatoms. The van der Waals surface area contributed by atoms with E-state index in [0.717, 1.165) is 31.9 Å². The summed E-state index contributed by atoms with van der Waals surface area (Å²) in [6, 6.07) is 0.438. The minimum Gasteiger partial charge on any atom is -0.368 e. The summed E-state index contributed by atoms with van der Waals surface area (Å²) < 4.78 is 0. The van der Waals surface area contributed by atoms with E-state index in [4.69, 9.17) is 5.73 Å². The Hall–Kier alpha value is -1.59. The summed E-state index contributed by atoms with van der Waals surface area (Å²) in [4.78, 5) is 17.4. The lowest BCUT2D eigenvalue weighted by molar-refractivity contribution is 0.580. The quantitative estimate of drug-likeness (QED) is 0.872. The molecule has 1 aliphatic rings. The number of hydrogen-bond acceptors (Lipinski definition) is 6. The van der Waals surface area contributed by atoms with E-state index in [-0.39, 0.29) is 0 Å². The molecule has 0 amide bonds. The first kappa shape index (κ1) is 13.8. The first-order chi connectivity index (χ1) is 9.15. The Bertz CT molecular complexity index is 412. The van der Waals surface area contributed by atoms with Crippen LogP contribution in [0.2, 0.25) is 0 Å². The number of aromatic nitrogens is 3. The number of anilines is 3. The molecule has 0 radical (unpaired) electrons. The van der Waals surface area contributed by atoms with Crippen LogP contribution in [0.1, 0.15) is 39.5 Å². The predicted molar refractivity (Wildman–Crippen MR) is 78.5 cm³/mol. The van der Waals surface area contributed by atoms with Crippen LogP contribution < -0.4 is 15.5 Å². The standard InChI is InChI=1S/C13H24N6/c1-4-10(5-2)18(3)12-15-11(14)16-13(17-12)19-8-6-7-9-19/h10H,4-9H2,1-3H3,(H2,14,15,16,17). The highest BCUT2D eigenvalue weighted by atomic mass is 15.4. The van der Waals surface area contributed by atoms with E-state index >= 15 is 0 Å². The van der Waals surface area contributed by atoms with Crippen molar-refractivity contribution in [2.75, 3.05) is 35.7 Å². The number of nitrogens with two attached hydrogens (primary N) is 1. The number of rotatable bonds is 5. The van der Waals surface area contributed by atoms with Gasteiger partial charge in [0, 0.05) is 26.2 Å². The maximum Gasteiger partial charge on any atom is 0.231 e. The molecule has 6 nitrogen and oxygen atoms in total. The third-order valence-corrected chi connectivity index (χ3v) is 3.82.